The van der Waals surface area contributed by atoms with Crippen molar-refractivity contribution in [2.24, 2.45) is 0 Å². The van der Waals surface area contributed by atoms with Crippen molar-refractivity contribution in [2.45, 2.75) is 12.5 Å². The van der Waals surface area contributed by atoms with Gasteiger partial charge in [0.05, 0.1) is 12.8 Å². The molecule has 2 rings (SSSR count). The number of nitrogens with one attached hydrogen (secondary N) is 1. The minimum atomic E-state index is -3.67. The summed E-state index contributed by atoms with van der Waals surface area (Å²) in [7, 11) is -3.67. The first-order valence-electron chi connectivity index (χ1n) is 5.54. The highest BCUT2D eigenvalue weighted by molar-refractivity contribution is 7.85. The van der Waals surface area contributed by atoms with Crippen LogP contribution in [0.2, 0.25) is 0 Å². The maximum atomic E-state index is 11.5. The number of carbonyl (C=O) groups excluding carboxylic acids is 1. The summed E-state index contributed by atoms with van der Waals surface area (Å²) in [5.41, 5.74) is 1.91. The Morgan fingerprint density at radius 3 is 2.63 bits per heavy atom. The van der Waals surface area contributed by atoms with E-state index >= 15 is 0 Å². The summed E-state index contributed by atoms with van der Waals surface area (Å²) in [4.78, 5) is 11.5. The van der Waals surface area contributed by atoms with Crippen LogP contribution in [0.1, 0.15) is 28.4 Å². The SMILES string of the molecule is C#CCN[C@@H]1CC(=O)c2ccccc21.CS(=O)(=O)O. The second-order valence-electron chi connectivity index (χ2n) is 4.09. The largest absolute Gasteiger partial charge is 0.299 e. The van der Waals surface area contributed by atoms with Crippen LogP contribution in [0, 0.1) is 12.3 Å². The van der Waals surface area contributed by atoms with Gasteiger partial charge in [0.1, 0.15) is 0 Å². The van der Waals surface area contributed by atoms with Gasteiger partial charge in [-0.15, -0.1) is 6.42 Å². The van der Waals surface area contributed by atoms with Gasteiger partial charge in [0.25, 0.3) is 10.1 Å². The van der Waals surface area contributed by atoms with E-state index in [-0.39, 0.29) is 11.8 Å². The van der Waals surface area contributed by atoms with Crippen LogP contribution in [0.25, 0.3) is 0 Å². The van der Waals surface area contributed by atoms with E-state index in [1.807, 2.05) is 24.3 Å². The molecule has 0 aromatic heterocycles. The van der Waals surface area contributed by atoms with Crippen LogP contribution in [0.5, 0.6) is 0 Å². The van der Waals surface area contributed by atoms with Gasteiger partial charge < -0.3 is 0 Å². The van der Waals surface area contributed by atoms with Crippen molar-refractivity contribution in [3.63, 3.8) is 0 Å². The van der Waals surface area contributed by atoms with Gasteiger partial charge in [-0.3, -0.25) is 14.7 Å². The van der Waals surface area contributed by atoms with Crippen LogP contribution in [-0.2, 0) is 10.1 Å². The maximum absolute atomic E-state index is 11.5. The summed E-state index contributed by atoms with van der Waals surface area (Å²) in [5, 5.41) is 3.16. The molecule has 0 saturated carbocycles. The summed E-state index contributed by atoms with van der Waals surface area (Å²) < 4.78 is 25.9. The molecule has 19 heavy (non-hydrogen) atoms. The molecule has 0 fully saturated rings. The summed E-state index contributed by atoms with van der Waals surface area (Å²) in [6, 6.07) is 7.79. The molecule has 1 aliphatic rings. The molecular formula is C13H15NO4S. The molecule has 0 radical (unpaired) electrons. The molecule has 5 nitrogen and oxygen atoms in total. The first-order chi connectivity index (χ1) is 8.83. The Morgan fingerprint density at radius 1 is 1.47 bits per heavy atom. The molecule has 1 aliphatic carbocycles. The number of carbonyl (C=O) groups is 1. The normalized spacial score (nSPS) is 17.1. The summed E-state index contributed by atoms with van der Waals surface area (Å²) in [6.45, 7) is 0.506. The first-order valence-corrected chi connectivity index (χ1v) is 7.39. The van der Waals surface area contributed by atoms with Gasteiger partial charge in [-0.05, 0) is 5.56 Å². The lowest BCUT2D eigenvalue weighted by molar-refractivity contribution is 0.0986. The number of hydrogen-bond donors (Lipinski definition) is 2. The lowest BCUT2D eigenvalue weighted by Crippen LogP contribution is -2.19. The number of Topliss-reactive ketones (excluding diaryl/α,β-unsaturated/α-hetero) is 1. The van der Waals surface area contributed by atoms with E-state index in [2.05, 4.69) is 11.2 Å². The highest BCUT2D eigenvalue weighted by atomic mass is 32.2. The zero-order valence-corrected chi connectivity index (χ0v) is 11.3. The van der Waals surface area contributed by atoms with E-state index < -0.39 is 10.1 Å². The van der Waals surface area contributed by atoms with Gasteiger partial charge in [-0.2, -0.15) is 8.42 Å². The number of benzene rings is 1. The van der Waals surface area contributed by atoms with Gasteiger partial charge in [0, 0.05) is 18.0 Å². The molecule has 1 aromatic carbocycles. The van der Waals surface area contributed by atoms with E-state index in [0.717, 1.165) is 11.1 Å². The van der Waals surface area contributed by atoms with Crippen molar-refractivity contribution in [2.75, 3.05) is 12.8 Å². The second-order valence-corrected chi connectivity index (χ2v) is 5.55. The Balaban J connectivity index is 0.000000312. The minimum Gasteiger partial charge on any atom is -0.299 e. The quantitative estimate of drug-likeness (QED) is 0.625. The van der Waals surface area contributed by atoms with Crippen molar-refractivity contribution in [1.82, 2.24) is 5.32 Å². The van der Waals surface area contributed by atoms with E-state index in [9.17, 15) is 13.2 Å². The van der Waals surface area contributed by atoms with Gasteiger partial charge in [0.2, 0.25) is 0 Å². The fourth-order valence-electron chi connectivity index (χ4n) is 1.82. The molecule has 1 atom stereocenters. The van der Waals surface area contributed by atoms with Gasteiger partial charge in [-0.1, -0.05) is 30.2 Å². The molecule has 0 bridgehead atoms. The highest BCUT2D eigenvalue weighted by Gasteiger charge is 2.27. The Kier molecular flexibility index (Phi) is 5.24. The molecule has 102 valence electrons. The van der Waals surface area contributed by atoms with Crippen LogP contribution in [0.3, 0.4) is 0 Å². The molecule has 0 aliphatic heterocycles. The maximum Gasteiger partial charge on any atom is 0.261 e. The van der Waals surface area contributed by atoms with Crippen molar-refractivity contribution in [3.8, 4) is 12.3 Å². The van der Waals surface area contributed by atoms with E-state index in [0.29, 0.717) is 19.2 Å². The Bertz CT molecular complexity index is 593. The molecular weight excluding hydrogens is 266 g/mol. The van der Waals surface area contributed by atoms with Crippen LogP contribution < -0.4 is 5.32 Å². The molecule has 6 heteroatoms. The Hall–Kier alpha value is -1.68. The third-order valence-corrected chi connectivity index (χ3v) is 2.48. The van der Waals surface area contributed by atoms with Crippen LogP contribution in [-0.4, -0.2) is 31.6 Å². The van der Waals surface area contributed by atoms with Crippen molar-refractivity contribution < 1.29 is 17.8 Å². The van der Waals surface area contributed by atoms with Crippen LogP contribution in [0.15, 0.2) is 24.3 Å². The van der Waals surface area contributed by atoms with Gasteiger partial charge >= 0.3 is 0 Å². The summed E-state index contributed by atoms with van der Waals surface area (Å²) in [5.74, 6) is 2.72. The molecule has 0 unspecified atom stereocenters. The number of terminal acetylenes is 1. The molecule has 0 spiro atoms. The van der Waals surface area contributed by atoms with E-state index in [4.69, 9.17) is 11.0 Å². The fraction of sp³-hybridized carbons (Fsp3) is 0.308. The molecule has 0 saturated heterocycles. The number of hydrogen-bond acceptors (Lipinski definition) is 4. The average molecular weight is 281 g/mol. The Morgan fingerprint density at radius 2 is 2.05 bits per heavy atom. The zero-order chi connectivity index (χ0) is 14.5. The standard InChI is InChI=1S/C12H11NO.CH4O3S/c1-2-7-13-11-8-12(14)10-6-4-3-5-9(10)11;1-5(2,3)4/h1,3-6,11,13H,7-8H2;1H3,(H,2,3,4)/t11-;/m1./s1. The zero-order valence-electron chi connectivity index (χ0n) is 10.5. The molecule has 0 heterocycles. The van der Waals surface area contributed by atoms with E-state index in [1.54, 1.807) is 0 Å². The van der Waals surface area contributed by atoms with Crippen LogP contribution >= 0.6 is 0 Å². The summed E-state index contributed by atoms with van der Waals surface area (Å²) in [6.07, 6.45) is 6.41. The molecule has 0 amide bonds. The van der Waals surface area contributed by atoms with Gasteiger partial charge in [0.15, 0.2) is 5.78 Å². The van der Waals surface area contributed by atoms with E-state index in [1.165, 1.54) is 0 Å². The number of rotatable bonds is 2. The summed E-state index contributed by atoms with van der Waals surface area (Å²) >= 11 is 0. The minimum absolute atomic E-state index is 0.106. The monoisotopic (exact) mass is 281 g/mol. The third kappa shape index (κ3) is 5.22. The Labute approximate surface area is 112 Å². The van der Waals surface area contributed by atoms with Crippen LogP contribution in [0.4, 0.5) is 0 Å². The molecule has 1 aromatic rings. The average Bonchev–Trinajstić information content (AvgIpc) is 2.62. The molecule has 2 N–H and O–H groups in total. The first kappa shape index (κ1) is 15.4. The smallest absolute Gasteiger partial charge is 0.261 e. The third-order valence-electron chi connectivity index (χ3n) is 2.48. The van der Waals surface area contributed by atoms with Crippen molar-refractivity contribution >= 4 is 15.9 Å². The lowest BCUT2D eigenvalue weighted by atomic mass is 10.1. The predicted octanol–water partition coefficient (Wildman–Crippen LogP) is 1.04. The lowest BCUT2D eigenvalue weighted by Gasteiger charge is -2.09. The van der Waals surface area contributed by atoms with Crippen molar-refractivity contribution in [3.05, 3.63) is 35.4 Å². The predicted molar refractivity (Wildman–Crippen MR) is 72.4 cm³/mol. The highest BCUT2D eigenvalue weighted by Crippen LogP contribution is 2.30. The number of fused-ring (bicyclic) bond motifs is 1. The second kappa shape index (κ2) is 6.48. The fourth-order valence-corrected chi connectivity index (χ4v) is 1.82. The van der Waals surface area contributed by atoms with Crippen molar-refractivity contribution in [1.29, 1.82) is 0 Å². The van der Waals surface area contributed by atoms with Gasteiger partial charge in [-0.25, -0.2) is 0 Å². The topological polar surface area (TPSA) is 83.5 Å². The number of ketones is 1.